The summed E-state index contributed by atoms with van der Waals surface area (Å²) in [6.07, 6.45) is 1.65. The number of pyridine rings is 1. The third-order valence-electron chi connectivity index (χ3n) is 4.62. The predicted octanol–water partition coefficient (Wildman–Crippen LogP) is 1.70. The van der Waals surface area contributed by atoms with Crippen molar-refractivity contribution >= 4 is 29.1 Å². The minimum absolute atomic E-state index is 0.143. The molecule has 1 aromatic carbocycles. The standard InChI is InChI=1S/C19H21N5O3/c25-18(14-2-1-3-16(12-14)24-7-6-20-19(24)26)22-15-4-5-17(21-13-15)23-8-10-27-11-9-23/h1-5,12-13H,6-11H2,(H,20,26)(H,22,25). The third kappa shape index (κ3) is 3.85. The zero-order chi connectivity index (χ0) is 18.6. The SMILES string of the molecule is O=C(Nc1ccc(N2CCOCC2)nc1)c1cccc(N2CCNC2=O)c1. The van der Waals surface area contributed by atoms with Gasteiger partial charge in [0.25, 0.3) is 5.91 Å². The monoisotopic (exact) mass is 367 g/mol. The Hall–Kier alpha value is -3.13. The molecule has 2 saturated heterocycles. The van der Waals surface area contributed by atoms with Gasteiger partial charge in [0.05, 0.1) is 25.1 Å². The molecule has 8 nitrogen and oxygen atoms in total. The van der Waals surface area contributed by atoms with Gasteiger partial charge in [-0.2, -0.15) is 0 Å². The van der Waals surface area contributed by atoms with Gasteiger partial charge in [0.2, 0.25) is 0 Å². The molecule has 0 bridgehead atoms. The van der Waals surface area contributed by atoms with E-state index in [1.54, 1.807) is 29.3 Å². The summed E-state index contributed by atoms with van der Waals surface area (Å²) < 4.78 is 5.34. The highest BCUT2D eigenvalue weighted by molar-refractivity contribution is 6.05. The van der Waals surface area contributed by atoms with Crippen LogP contribution in [0.2, 0.25) is 0 Å². The lowest BCUT2D eigenvalue weighted by Crippen LogP contribution is -2.36. The van der Waals surface area contributed by atoms with Gasteiger partial charge in [0.1, 0.15) is 5.82 Å². The number of carbonyl (C=O) groups excluding carboxylic acids is 2. The zero-order valence-corrected chi connectivity index (χ0v) is 14.9. The van der Waals surface area contributed by atoms with Crippen molar-refractivity contribution in [3.05, 3.63) is 48.2 Å². The fourth-order valence-corrected chi connectivity index (χ4v) is 3.18. The Labute approximate surface area is 157 Å². The van der Waals surface area contributed by atoms with Gasteiger partial charge in [-0.25, -0.2) is 9.78 Å². The zero-order valence-electron chi connectivity index (χ0n) is 14.9. The highest BCUT2D eigenvalue weighted by Gasteiger charge is 2.21. The van der Waals surface area contributed by atoms with Gasteiger partial charge in [-0.3, -0.25) is 9.69 Å². The maximum absolute atomic E-state index is 12.6. The van der Waals surface area contributed by atoms with Gasteiger partial charge in [0, 0.05) is 37.4 Å². The van der Waals surface area contributed by atoms with E-state index in [9.17, 15) is 9.59 Å². The van der Waals surface area contributed by atoms with Gasteiger partial charge in [-0.15, -0.1) is 0 Å². The smallest absolute Gasteiger partial charge is 0.321 e. The molecule has 2 aliphatic rings. The van der Waals surface area contributed by atoms with Crippen molar-refractivity contribution < 1.29 is 14.3 Å². The predicted molar refractivity (Wildman–Crippen MR) is 102 cm³/mol. The fraction of sp³-hybridized carbons (Fsp3) is 0.316. The van der Waals surface area contributed by atoms with Crippen molar-refractivity contribution in [2.75, 3.05) is 54.5 Å². The molecule has 2 N–H and O–H groups in total. The number of urea groups is 1. The summed E-state index contributed by atoms with van der Waals surface area (Å²) in [5.41, 5.74) is 1.82. The summed E-state index contributed by atoms with van der Waals surface area (Å²) in [7, 11) is 0. The lowest BCUT2D eigenvalue weighted by atomic mass is 10.1. The van der Waals surface area contributed by atoms with E-state index in [-0.39, 0.29) is 11.9 Å². The molecule has 3 heterocycles. The molecule has 0 saturated carbocycles. The Morgan fingerprint density at radius 2 is 2.00 bits per heavy atom. The van der Waals surface area contributed by atoms with Crippen molar-refractivity contribution in [1.82, 2.24) is 10.3 Å². The van der Waals surface area contributed by atoms with Gasteiger partial charge in [-0.05, 0) is 30.3 Å². The Kier molecular flexibility index (Phi) is 4.88. The maximum Gasteiger partial charge on any atom is 0.321 e. The topological polar surface area (TPSA) is 86.8 Å². The van der Waals surface area contributed by atoms with E-state index in [4.69, 9.17) is 4.74 Å². The van der Waals surface area contributed by atoms with Crippen LogP contribution in [0, 0.1) is 0 Å². The van der Waals surface area contributed by atoms with Crippen molar-refractivity contribution in [1.29, 1.82) is 0 Å². The number of ether oxygens (including phenoxy) is 1. The van der Waals surface area contributed by atoms with Crippen LogP contribution in [0.5, 0.6) is 0 Å². The third-order valence-corrected chi connectivity index (χ3v) is 4.62. The van der Waals surface area contributed by atoms with Crippen LogP contribution < -0.4 is 20.4 Å². The van der Waals surface area contributed by atoms with Crippen molar-refractivity contribution in [2.24, 2.45) is 0 Å². The highest BCUT2D eigenvalue weighted by atomic mass is 16.5. The number of morpholine rings is 1. The molecular weight excluding hydrogens is 346 g/mol. The molecule has 2 fully saturated rings. The number of nitrogens with zero attached hydrogens (tertiary/aromatic N) is 3. The van der Waals surface area contributed by atoms with Gasteiger partial charge < -0.3 is 20.3 Å². The molecule has 3 amide bonds. The second-order valence-corrected chi connectivity index (χ2v) is 6.39. The van der Waals surface area contributed by atoms with E-state index in [1.807, 2.05) is 18.2 Å². The number of aromatic nitrogens is 1. The van der Waals surface area contributed by atoms with Gasteiger partial charge in [-0.1, -0.05) is 6.07 Å². The molecule has 8 heteroatoms. The lowest BCUT2D eigenvalue weighted by Gasteiger charge is -2.27. The first-order chi connectivity index (χ1) is 13.2. The van der Waals surface area contributed by atoms with Crippen molar-refractivity contribution in [2.45, 2.75) is 0 Å². The average molecular weight is 367 g/mol. The fourth-order valence-electron chi connectivity index (χ4n) is 3.18. The summed E-state index contributed by atoms with van der Waals surface area (Å²) in [5, 5.41) is 5.61. The summed E-state index contributed by atoms with van der Waals surface area (Å²) in [6.45, 7) is 4.23. The van der Waals surface area contributed by atoms with E-state index < -0.39 is 0 Å². The molecular formula is C19H21N5O3. The molecule has 0 radical (unpaired) electrons. The molecule has 0 aliphatic carbocycles. The Morgan fingerprint density at radius 3 is 2.70 bits per heavy atom. The number of hydrogen-bond acceptors (Lipinski definition) is 5. The first kappa shape index (κ1) is 17.3. The molecule has 1 aromatic heterocycles. The van der Waals surface area contributed by atoms with Gasteiger partial charge in [0.15, 0.2) is 0 Å². The molecule has 0 atom stereocenters. The van der Waals surface area contributed by atoms with Gasteiger partial charge >= 0.3 is 6.03 Å². The van der Waals surface area contributed by atoms with Crippen LogP contribution in [0.15, 0.2) is 42.6 Å². The van der Waals surface area contributed by atoms with Crippen LogP contribution in [-0.2, 0) is 4.74 Å². The quantitative estimate of drug-likeness (QED) is 0.859. The lowest BCUT2D eigenvalue weighted by molar-refractivity contribution is 0.102. The summed E-state index contributed by atoms with van der Waals surface area (Å²) >= 11 is 0. The van der Waals surface area contributed by atoms with E-state index in [0.29, 0.717) is 43.2 Å². The van der Waals surface area contributed by atoms with Crippen LogP contribution in [-0.4, -0.2) is 56.3 Å². The van der Waals surface area contributed by atoms with Crippen LogP contribution in [0.1, 0.15) is 10.4 Å². The second kappa shape index (κ2) is 7.63. The van der Waals surface area contributed by atoms with E-state index in [0.717, 1.165) is 18.9 Å². The number of benzene rings is 1. The van der Waals surface area contributed by atoms with Crippen LogP contribution >= 0.6 is 0 Å². The van der Waals surface area contributed by atoms with E-state index >= 15 is 0 Å². The molecule has 0 spiro atoms. The summed E-state index contributed by atoms with van der Waals surface area (Å²) in [6, 6.07) is 10.6. The number of nitrogens with one attached hydrogen (secondary N) is 2. The molecule has 2 aliphatic heterocycles. The van der Waals surface area contributed by atoms with Crippen molar-refractivity contribution in [3.63, 3.8) is 0 Å². The number of rotatable bonds is 4. The Balaban J connectivity index is 1.43. The summed E-state index contributed by atoms with van der Waals surface area (Å²) in [5.74, 6) is 0.635. The molecule has 27 heavy (non-hydrogen) atoms. The molecule has 0 unspecified atom stereocenters. The molecule has 2 aromatic rings. The second-order valence-electron chi connectivity index (χ2n) is 6.39. The maximum atomic E-state index is 12.6. The van der Waals surface area contributed by atoms with Crippen molar-refractivity contribution in [3.8, 4) is 0 Å². The van der Waals surface area contributed by atoms with E-state index in [1.165, 1.54) is 0 Å². The van der Waals surface area contributed by atoms with Crippen LogP contribution in [0.25, 0.3) is 0 Å². The highest BCUT2D eigenvalue weighted by Crippen LogP contribution is 2.20. The summed E-state index contributed by atoms with van der Waals surface area (Å²) in [4.78, 5) is 32.6. The molecule has 140 valence electrons. The average Bonchev–Trinajstić information content (AvgIpc) is 3.15. The first-order valence-electron chi connectivity index (χ1n) is 8.96. The number of hydrogen-bond donors (Lipinski definition) is 2. The van der Waals surface area contributed by atoms with Crippen LogP contribution in [0.4, 0.5) is 22.0 Å². The minimum atomic E-state index is -0.239. The Bertz CT molecular complexity index is 833. The Morgan fingerprint density at radius 1 is 1.15 bits per heavy atom. The normalized spacial score (nSPS) is 17.0. The first-order valence-corrected chi connectivity index (χ1v) is 8.96. The minimum Gasteiger partial charge on any atom is -0.378 e. The number of anilines is 3. The van der Waals surface area contributed by atoms with Crippen LogP contribution in [0.3, 0.4) is 0 Å². The largest absolute Gasteiger partial charge is 0.378 e. The van der Waals surface area contributed by atoms with E-state index in [2.05, 4.69) is 20.5 Å². The number of carbonyl (C=O) groups is 2. The number of amides is 3. The molecule has 4 rings (SSSR count).